The molecule has 0 bridgehead atoms. The molecule has 4 saturated carbocycles. The number of amides is 4. The van der Waals surface area contributed by atoms with Crippen molar-refractivity contribution in [2.75, 3.05) is 132 Å². The molecule has 0 aromatic heterocycles. The number of halogens is 4. The number of fused-ring (bicyclic) bond motifs is 2. The van der Waals surface area contributed by atoms with E-state index in [1.165, 1.54) is 0 Å². The molecule has 0 radical (unpaired) electrons. The van der Waals surface area contributed by atoms with Crippen LogP contribution in [0, 0.1) is 47.3 Å². The van der Waals surface area contributed by atoms with E-state index in [0.717, 1.165) is 77.5 Å². The van der Waals surface area contributed by atoms with Crippen molar-refractivity contribution in [3.63, 3.8) is 0 Å². The third-order valence-electron chi connectivity index (χ3n) is 16.8. The first-order valence-electron chi connectivity index (χ1n) is 27.7. The summed E-state index contributed by atoms with van der Waals surface area (Å²) in [5.41, 5.74) is 0. The molecule has 2 heterocycles. The Balaban J connectivity index is 0.662. The Hall–Kier alpha value is -0.720. The number of sulfonamides is 2. The Kier molecular flexibility index (Phi) is 26.9. The standard InChI is InChI=1S/C50H90Cl4N8O10S2/c1-61-31-43(41-27-37(51)29-47(53)45(41)33-61)35-5-9-39(10-6-35)73(65,66)59-17-21-71-25-23-69-19-15-57-49(63)55-13-3-4-14-56-50(64)58-16-20-70-24-26-72-22-18-60-74(67,68)40-11-7-36(8-12-40)44-32-62(2)34-46-42(44)28-38(52)30-48(46)54/h35-48,59-60H,3-34H2,1-2H3,(H2,55,57,63)(H2,56,58,64). The molecule has 10 unspecified atom stereocenters. The van der Waals surface area contributed by atoms with Crippen molar-refractivity contribution < 1.29 is 45.4 Å². The van der Waals surface area contributed by atoms with E-state index in [9.17, 15) is 26.4 Å². The second kappa shape index (κ2) is 31.9. The van der Waals surface area contributed by atoms with Gasteiger partial charge in [-0.2, -0.15) is 0 Å². The second-order valence-electron chi connectivity index (χ2n) is 22.1. The van der Waals surface area contributed by atoms with Crippen LogP contribution in [0.1, 0.15) is 89.9 Å². The zero-order valence-electron chi connectivity index (χ0n) is 44.0. The molecular formula is C50H90Cl4N8O10S2. The van der Waals surface area contributed by atoms with Gasteiger partial charge >= 0.3 is 12.1 Å². The molecule has 10 atom stereocenters. The molecule has 24 heteroatoms. The molecule has 18 nitrogen and oxygen atoms in total. The number of nitrogens with one attached hydrogen (secondary N) is 6. The van der Waals surface area contributed by atoms with E-state index < -0.39 is 20.0 Å². The van der Waals surface area contributed by atoms with Gasteiger partial charge < -0.3 is 50.0 Å². The van der Waals surface area contributed by atoms with Gasteiger partial charge in [0, 0.05) is 87.0 Å². The highest BCUT2D eigenvalue weighted by Crippen LogP contribution is 2.50. The fourth-order valence-corrected chi connectivity index (χ4v) is 18.1. The Labute approximate surface area is 463 Å². The van der Waals surface area contributed by atoms with Crippen molar-refractivity contribution in [1.82, 2.24) is 40.5 Å². The van der Waals surface area contributed by atoms with Crippen LogP contribution in [0.2, 0.25) is 0 Å². The van der Waals surface area contributed by atoms with E-state index >= 15 is 0 Å². The van der Waals surface area contributed by atoms with E-state index in [0.29, 0.717) is 152 Å². The maximum atomic E-state index is 13.1. The number of hydrogen-bond acceptors (Lipinski definition) is 12. The summed E-state index contributed by atoms with van der Waals surface area (Å²) >= 11 is 26.8. The SMILES string of the molecule is CN1CC2C(Cl)CC(Cl)CC2C(C2CCC(S(=O)(=O)NCCOCCOCCNC(=O)NCCCCNC(=O)NCCOCCOCCNS(=O)(=O)C3CCC(C4CN(C)CC5C(Cl)CC(Cl)CC54)CC3)CC2)C1. The number of carbonyl (C=O) groups excluding carboxylic acids is 2. The Bertz CT molecular complexity index is 1760. The van der Waals surface area contributed by atoms with Gasteiger partial charge in [0.05, 0.1) is 63.4 Å². The van der Waals surface area contributed by atoms with Gasteiger partial charge in [-0.1, -0.05) is 0 Å². The third kappa shape index (κ3) is 20.1. The van der Waals surface area contributed by atoms with Crippen LogP contribution in [0.15, 0.2) is 0 Å². The maximum absolute atomic E-state index is 13.1. The fourth-order valence-electron chi connectivity index (χ4n) is 13.1. The Morgan fingerprint density at radius 3 is 1.12 bits per heavy atom. The summed E-state index contributed by atoms with van der Waals surface area (Å²) in [6.45, 7) is 8.43. The fraction of sp³-hybridized carbons (Fsp3) is 0.960. The summed E-state index contributed by atoms with van der Waals surface area (Å²) in [5, 5.41) is 10.7. The van der Waals surface area contributed by atoms with Gasteiger partial charge in [-0.25, -0.2) is 35.9 Å². The molecule has 6 N–H and O–H groups in total. The molecule has 2 aliphatic heterocycles. The van der Waals surface area contributed by atoms with Gasteiger partial charge in [0.2, 0.25) is 20.0 Å². The van der Waals surface area contributed by atoms with E-state index in [-0.39, 0.29) is 70.4 Å². The van der Waals surface area contributed by atoms with Gasteiger partial charge in [0.25, 0.3) is 0 Å². The number of carbonyl (C=O) groups is 2. The number of alkyl halides is 4. The van der Waals surface area contributed by atoms with Crippen LogP contribution in [0.3, 0.4) is 0 Å². The molecule has 6 aliphatic rings. The molecule has 0 aromatic rings. The van der Waals surface area contributed by atoms with Crippen LogP contribution in [0.25, 0.3) is 0 Å². The van der Waals surface area contributed by atoms with Crippen LogP contribution in [-0.4, -0.2) is 203 Å². The molecule has 6 fully saturated rings. The lowest BCUT2D eigenvalue weighted by molar-refractivity contribution is 0.0108. The predicted molar refractivity (Wildman–Crippen MR) is 294 cm³/mol. The molecule has 4 amide bonds. The third-order valence-corrected chi connectivity index (χ3v) is 22.5. The number of likely N-dealkylation sites (tertiary alicyclic amines) is 2. The number of nitrogens with zero attached hydrogens (tertiary/aromatic N) is 2. The summed E-state index contributed by atoms with van der Waals surface area (Å²) < 4.78 is 80.1. The predicted octanol–water partition coefficient (Wildman–Crippen LogP) is 4.99. The van der Waals surface area contributed by atoms with Gasteiger partial charge in [0.1, 0.15) is 0 Å². The minimum Gasteiger partial charge on any atom is -0.378 e. The van der Waals surface area contributed by atoms with Crippen molar-refractivity contribution in [1.29, 1.82) is 0 Å². The number of piperidine rings is 2. The van der Waals surface area contributed by atoms with Gasteiger partial charge in [-0.3, -0.25) is 0 Å². The zero-order chi connectivity index (χ0) is 53.1. The van der Waals surface area contributed by atoms with Crippen LogP contribution in [-0.2, 0) is 39.0 Å². The van der Waals surface area contributed by atoms with Crippen molar-refractivity contribution in [3.05, 3.63) is 0 Å². The second-order valence-corrected chi connectivity index (χ2v) is 28.5. The highest BCUT2D eigenvalue weighted by molar-refractivity contribution is 7.90. The van der Waals surface area contributed by atoms with Gasteiger partial charge in [0.15, 0.2) is 0 Å². The van der Waals surface area contributed by atoms with E-state index in [4.69, 9.17) is 65.4 Å². The number of unbranched alkanes of at least 4 members (excludes halogenated alkanes) is 1. The Morgan fingerprint density at radius 1 is 0.432 bits per heavy atom. The molecule has 4 aliphatic carbocycles. The lowest BCUT2D eigenvalue weighted by atomic mass is 9.63. The first-order valence-corrected chi connectivity index (χ1v) is 32.6. The van der Waals surface area contributed by atoms with Gasteiger partial charge in [-0.15, -0.1) is 46.4 Å². The first-order chi connectivity index (χ1) is 35.5. The van der Waals surface area contributed by atoms with E-state index in [1.807, 2.05) is 0 Å². The summed E-state index contributed by atoms with van der Waals surface area (Å²) in [7, 11) is -2.53. The molecular weight excluding hydrogens is 1080 g/mol. The van der Waals surface area contributed by atoms with Crippen LogP contribution in [0.4, 0.5) is 9.59 Å². The van der Waals surface area contributed by atoms with Crippen molar-refractivity contribution in [3.8, 4) is 0 Å². The first kappa shape index (κ1) is 62.5. The van der Waals surface area contributed by atoms with Crippen molar-refractivity contribution in [2.45, 2.75) is 122 Å². The smallest absolute Gasteiger partial charge is 0.314 e. The average Bonchev–Trinajstić information content (AvgIpc) is 3.36. The summed E-state index contributed by atoms with van der Waals surface area (Å²) in [4.78, 5) is 29.0. The number of ether oxygens (including phenoxy) is 4. The minimum absolute atomic E-state index is 0.109. The maximum Gasteiger partial charge on any atom is 0.314 e. The molecule has 430 valence electrons. The largest absolute Gasteiger partial charge is 0.378 e. The van der Waals surface area contributed by atoms with Crippen molar-refractivity contribution >= 4 is 78.5 Å². The monoisotopic (exact) mass is 1170 g/mol. The highest BCUT2D eigenvalue weighted by atomic mass is 35.5. The normalized spacial score (nSPS) is 33.3. The molecule has 74 heavy (non-hydrogen) atoms. The lowest BCUT2D eigenvalue weighted by Gasteiger charge is -2.51. The summed E-state index contributed by atoms with van der Waals surface area (Å²) in [6, 6.07) is -0.610. The average molecular weight is 1170 g/mol. The van der Waals surface area contributed by atoms with Crippen LogP contribution in [0.5, 0.6) is 0 Å². The Morgan fingerprint density at radius 2 is 0.757 bits per heavy atom. The minimum atomic E-state index is -3.44. The van der Waals surface area contributed by atoms with E-state index in [1.54, 1.807) is 0 Å². The number of hydrogen-bond donors (Lipinski definition) is 6. The lowest BCUT2D eigenvalue weighted by Crippen LogP contribution is -2.53. The quantitative estimate of drug-likeness (QED) is 0.0432. The number of urea groups is 2. The van der Waals surface area contributed by atoms with E-state index in [2.05, 4.69) is 54.6 Å². The number of rotatable bonds is 29. The summed E-state index contributed by atoms with van der Waals surface area (Å²) in [6.07, 6.45) is 11.4. The molecule has 2 saturated heterocycles. The van der Waals surface area contributed by atoms with Gasteiger partial charge in [-0.05, 0) is 151 Å². The molecule has 0 spiro atoms. The van der Waals surface area contributed by atoms with Crippen LogP contribution >= 0.6 is 46.4 Å². The highest BCUT2D eigenvalue weighted by Gasteiger charge is 2.49. The zero-order valence-corrected chi connectivity index (χ0v) is 48.7. The summed E-state index contributed by atoms with van der Waals surface area (Å²) in [5.74, 6) is 3.96. The van der Waals surface area contributed by atoms with Crippen molar-refractivity contribution in [2.24, 2.45) is 47.3 Å². The molecule has 6 rings (SSSR count). The topological polar surface area (TPSA) is 218 Å². The molecule has 0 aromatic carbocycles. The van der Waals surface area contributed by atoms with Crippen LogP contribution < -0.4 is 30.7 Å².